The number of carbonyl (C=O) groups excluding carboxylic acids is 5. The van der Waals surface area contributed by atoms with Gasteiger partial charge in [0.25, 0.3) is 0 Å². The summed E-state index contributed by atoms with van der Waals surface area (Å²) in [4.78, 5) is 74.6. The highest BCUT2D eigenvalue weighted by Crippen LogP contribution is 2.13. The lowest BCUT2D eigenvalue weighted by molar-refractivity contribution is -0.149. The van der Waals surface area contributed by atoms with Crippen molar-refractivity contribution in [3.05, 3.63) is 42.0 Å². The highest BCUT2D eigenvalue weighted by Gasteiger charge is 2.31. The fraction of sp³-hybridized carbons (Fsp3) is 0.481. The molecule has 0 fully saturated rings. The Morgan fingerprint density at radius 2 is 1.71 bits per heavy atom. The standard InChI is InChI=1S/C27H37N5O9/c1-14(2)22(32-21(35)12-28-27(39)40)24(36)29-17-7-10-20(34)31-23(15(3)4)25(37)30-19(26(38)41-13-17)11-16-5-8-18(33)9-6-16/h5-10,14-15,17,19,22-23,28,33H,11-13H2,1-4H3,(H,29,36)(H,30,37)(H,31,34)(H,32,35)(H,39,40)/b10-7+/t17-,19+,22+,23+/m1/s1. The molecule has 0 saturated heterocycles. The number of hydrogen-bond donors (Lipinski definition) is 7. The molecule has 1 aromatic rings. The van der Waals surface area contributed by atoms with Crippen LogP contribution in [0.15, 0.2) is 36.4 Å². The first-order chi connectivity index (χ1) is 19.3. The summed E-state index contributed by atoms with van der Waals surface area (Å²) in [6, 6.07) is 1.87. The van der Waals surface area contributed by atoms with E-state index >= 15 is 0 Å². The Hall–Kier alpha value is -4.62. The Morgan fingerprint density at radius 1 is 1.05 bits per heavy atom. The molecule has 0 saturated carbocycles. The van der Waals surface area contributed by atoms with Gasteiger partial charge < -0.3 is 41.5 Å². The van der Waals surface area contributed by atoms with Gasteiger partial charge in [-0.15, -0.1) is 0 Å². The van der Waals surface area contributed by atoms with E-state index in [1.807, 2.05) is 5.32 Å². The number of ether oxygens (including phenoxy) is 1. The molecular formula is C27H37N5O9. The Kier molecular flexibility index (Phi) is 12.1. The van der Waals surface area contributed by atoms with Gasteiger partial charge in [0.15, 0.2) is 0 Å². The van der Waals surface area contributed by atoms with Crippen molar-refractivity contribution in [3.8, 4) is 5.75 Å². The van der Waals surface area contributed by atoms with Crippen LogP contribution in [0, 0.1) is 11.8 Å². The van der Waals surface area contributed by atoms with Gasteiger partial charge in [-0.05, 0) is 29.5 Å². The minimum absolute atomic E-state index is 0.0287. The lowest BCUT2D eigenvalue weighted by Crippen LogP contribution is -2.56. The van der Waals surface area contributed by atoms with Crippen LogP contribution in [0.4, 0.5) is 4.79 Å². The minimum atomic E-state index is -1.40. The maximum absolute atomic E-state index is 13.1. The van der Waals surface area contributed by atoms with E-state index in [1.165, 1.54) is 18.2 Å². The molecule has 1 heterocycles. The number of phenols is 1. The molecule has 0 aromatic heterocycles. The zero-order chi connectivity index (χ0) is 30.7. The molecular weight excluding hydrogens is 538 g/mol. The number of amides is 5. The molecule has 0 bridgehead atoms. The molecule has 0 radical (unpaired) electrons. The number of aromatic hydroxyl groups is 1. The van der Waals surface area contributed by atoms with Gasteiger partial charge in [0.05, 0.1) is 6.04 Å². The quantitative estimate of drug-likeness (QED) is 0.190. The van der Waals surface area contributed by atoms with E-state index < -0.39 is 78.9 Å². The number of rotatable bonds is 9. The number of phenolic OH excluding ortho intramolecular Hbond substituents is 1. The second kappa shape index (κ2) is 15.2. The first kappa shape index (κ1) is 32.6. The summed E-state index contributed by atoms with van der Waals surface area (Å²) in [5, 5.41) is 30.5. The van der Waals surface area contributed by atoms with Crippen molar-refractivity contribution in [2.24, 2.45) is 11.8 Å². The van der Waals surface area contributed by atoms with E-state index in [0.29, 0.717) is 5.56 Å². The second-order valence-electron chi connectivity index (χ2n) is 10.2. The number of esters is 1. The summed E-state index contributed by atoms with van der Waals surface area (Å²) < 4.78 is 5.44. The third kappa shape index (κ3) is 10.8. The molecule has 1 aliphatic heterocycles. The number of benzene rings is 1. The van der Waals surface area contributed by atoms with Crippen LogP contribution in [0.5, 0.6) is 5.75 Å². The van der Waals surface area contributed by atoms with Crippen LogP contribution in [0.25, 0.3) is 0 Å². The highest BCUT2D eigenvalue weighted by molar-refractivity contribution is 5.95. The Labute approximate surface area is 237 Å². The third-order valence-electron chi connectivity index (χ3n) is 6.10. The monoisotopic (exact) mass is 575 g/mol. The van der Waals surface area contributed by atoms with E-state index in [0.717, 1.165) is 6.08 Å². The number of carboxylic acid groups (broad SMARTS) is 1. The van der Waals surface area contributed by atoms with Crippen molar-refractivity contribution in [1.82, 2.24) is 26.6 Å². The van der Waals surface area contributed by atoms with Crippen molar-refractivity contribution in [2.75, 3.05) is 13.2 Å². The maximum atomic E-state index is 13.1. The summed E-state index contributed by atoms with van der Waals surface area (Å²) in [6.07, 6.45) is 1.04. The van der Waals surface area contributed by atoms with Crippen molar-refractivity contribution in [3.63, 3.8) is 0 Å². The Bertz CT molecular complexity index is 1150. The van der Waals surface area contributed by atoms with Gasteiger partial charge in [-0.3, -0.25) is 19.2 Å². The van der Waals surface area contributed by atoms with E-state index in [-0.39, 0.29) is 18.1 Å². The van der Waals surface area contributed by atoms with Gasteiger partial charge in [0.2, 0.25) is 23.6 Å². The largest absolute Gasteiger partial charge is 0.508 e. The van der Waals surface area contributed by atoms with E-state index in [2.05, 4.69) is 21.3 Å². The van der Waals surface area contributed by atoms with E-state index in [4.69, 9.17) is 9.84 Å². The van der Waals surface area contributed by atoms with Gasteiger partial charge in [0, 0.05) is 12.5 Å². The average molecular weight is 576 g/mol. The molecule has 1 aliphatic rings. The van der Waals surface area contributed by atoms with Crippen LogP contribution < -0.4 is 26.6 Å². The first-order valence-electron chi connectivity index (χ1n) is 13.1. The molecule has 0 spiro atoms. The van der Waals surface area contributed by atoms with Crippen LogP contribution in [-0.2, 0) is 35.1 Å². The molecule has 7 N–H and O–H groups in total. The molecule has 224 valence electrons. The van der Waals surface area contributed by atoms with Crippen LogP contribution in [0.1, 0.15) is 33.3 Å². The number of carbonyl (C=O) groups is 6. The SMILES string of the molecule is CC(C)[C@@H]1NC(=O)/C=C/[C@@H](NC(=O)[C@@H](NC(=O)CNC(=O)O)C(C)C)COC(=O)[C@H](Cc2ccc(O)cc2)NC1=O. The van der Waals surface area contributed by atoms with Crippen LogP contribution in [0.3, 0.4) is 0 Å². The zero-order valence-corrected chi connectivity index (χ0v) is 23.3. The fourth-order valence-electron chi connectivity index (χ4n) is 3.87. The van der Waals surface area contributed by atoms with Crippen molar-refractivity contribution in [1.29, 1.82) is 0 Å². The number of cyclic esters (lactones) is 1. The topological polar surface area (TPSA) is 212 Å². The molecule has 1 aromatic carbocycles. The predicted octanol–water partition coefficient (Wildman–Crippen LogP) is -0.433. The smallest absolute Gasteiger partial charge is 0.405 e. The van der Waals surface area contributed by atoms with Gasteiger partial charge in [-0.2, -0.15) is 0 Å². The van der Waals surface area contributed by atoms with Crippen molar-refractivity contribution >= 4 is 35.7 Å². The van der Waals surface area contributed by atoms with Crippen LogP contribution >= 0.6 is 0 Å². The predicted molar refractivity (Wildman–Crippen MR) is 145 cm³/mol. The fourth-order valence-corrected chi connectivity index (χ4v) is 3.87. The van der Waals surface area contributed by atoms with Crippen molar-refractivity contribution in [2.45, 2.75) is 58.3 Å². The van der Waals surface area contributed by atoms with E-state index in [1.54, 1.807) is 39.8 Å². The van der Waals surface area contributed by atoms with Crippen LogP contribution in [0.2, 0.25) is 0 Å². The third-order valence-corrected chi connectivity index (χ3v) is 6.10. The molecule has 0 unspecified atom stereocenters. The first-order valence-corrected chi connectivity index (χ1v) is 13.1. The zero-order valence-electron chi connectivity index (χ0n) is 23.3. The van der Waals surface area contributed by atoms with Crippen LogP contribution in [-0.4, -0.2) is 83.2 Å². The Balaban J connectivity index is 2.27. The summed E-state index contributed by atoms with van der Waals surface area (Å²) in [6.45, 7) is 5.83. The Morgan fingerprint density at radius 3 is 2.29 bits per heavy atom. The summed E-state index contributed by atoms with van der Waals surface area (Å²) >= 11 is 0. The van der Waals surface area contributed by atoms with Gasteiger partial charge >= 0.3 is 12.1 Å². The maximum Gasteiger partial charge on any atom is 0.405 e. The summed E-state index contributed by atoms with van der Waals surface area (Å²) in [5.74, 6) is -4.08. The molecule has 41 heavy (non-hydrogen) atoms. The molecule has 14 heteroatoms. The minimum Gasteiger partial charge on any atom is -0.508 e. The molecule has 0 aliphatic carbocycles. The molecule has 5 amide bonds. The van der Waals surface area contributed by atoms with Gasteiger partial charge in [-0.1, -0.05) is 45.9 Å². The highest BCUT2D eigenvalue weighted by atomic mass is 16.5. The normalized spacial score (nSPS) is 21.3. The summed E-state index contributed by atoms with van der Waals surface area (Å²) in [5.41, 5.74) is 0.625. The van der Waals surface area contributed by atoms with Gasteiger partial charge in [0.1, 0.15) is 37.0 Å². The number of hydrogen-bond acceptors (Lipinski definition) is 8. The van der Waals surface area contributed by atoms with E-state index in [9.17, 15) is 33.9 Å². The van der Waals surface area contributed by atoms with Crippen molar-refractivity contribution < 1.29 is 43.7 Å². The molecule has 4 atom stereocenters. The van der Waals surface area contributed by atoms with Gasteiger partial charge in [-0.25, -0.2) is 9.59 Å². The molecule has 14 nitrogen and oxygen atoms in total. The number of nitrogens with one attached hydrogen (secondary N) is 5. The lowest BCUT2D eigenvalue weighted by Gasteiger charge is -2.27. The molecule has 2 rings (SSSR count). The average Bonchev–Trinajstić information content (AvgIpc) is 2.90. The second-order valence-corrected chi connectivity index (χ2v) is 10.2. The lowest BCUT2D eigenvalue weighted by atomic mass is 10.0. The summed E-state index contributed by atoms with van der Waals surface area (Å²) in [7, 11) is 0.